The van der Waals surface area contributed by atoms with Crippen molar-refractivity contribution in [3.8, 4) is 0 Å². The van der Waals surface area contributed by atoms with Crippen LogP contribution in [0.5, 0.6) is 0 Å². The van der Waals surface area contributed by atoms with Crippen LogP contribution in [0.15, 0.2) is 51.8 Å². The molecule has 0 radical (unpaired) electrons. The van der Waals surface area contributed by atoms with Crippen molar-refractivity contribution in [3.63, 3.8) is 0 Å². The molecule has 0 saturated carbocycles. The molecule has 0 aliphatic carbocycles. The Morgan fingerprint density at radius 1 is 1.16 bits per heavy atom. The quantitative estimate of drug-likeness (QED) is 0.484. The number of anilines is 1. The van der Waals surface area contributed by atoms with Crippen molar-refractivity contribution in [1.29, 1.82) is 0 Å². The highest BCUT2D eigenvalue weighted by atomic mass is 79.9. The normalized spacial score (nSPS) is 19.1. The van der Waals surface area contributed by atoms with E-state index in [0.29, 0.717) is 19.7 Å². The lowest BCUT2D eigenvalue weighted by Crippen LogP contribution is -2.50. The minimum atomic E-state index is -1.19. The molecule has 166 valence electrons. The standard InChI is InChI=1S/C24H29BrN2O3S/c1-4-24(2,3)18-5-8-21(9-6-18)31(29)26-13-11-20(12-14-26)27-22-10-7-19(25)15-17(22)16-30-23(27)28/h5-10,15,20H,4,11-14,16H2,1-3H3. The molecular weight excluding hydrogens is 476 g/mol. The summed E-state index contributed by atoms with van der Waals surface area (Å²) in [6, 6.07) is 14.2. The fraction of sp³-hybridized carbons (Fsp3) is 0.458. The van der Waals surface area contributed by atoms with Gasteiger partial charge in [-0.1, -0.05) is 48.8 Å². The van der Waals surface area contributed by atoms with Crippen LogP contribution in [0, 0.1) is 0 Å². The molecule has 2 aliphatic rings. The first-order chi connectivity index (χ1) is 14.8. The van der Waals surface area contributed by atoms with Gasteiger partial charge >= 0.3 is 6.09 Å². The molecule has 0 spiro atoms. The number of hydrogen-bond donors (Lipinski definition) is 0. The number of ether oxygens (including phenoxy) is 1. The Labute approximate surface area is 196 Å². The van der Waals surface area contributed by atoms with Crippen molar-refractivity contribution in [2.75, 3.05) is 18.0 Å². The summed E-state index contributed by atoms with van der Waals surface area (Å²) in [6.45, 7) is 8.30. The van der Waals surface area contributed by atoms with Crippen LogP contribution in [0.4, 0.5) is 10.5 Å². The van der Waals surface area contributed by atoms with Crippen molar-refractivity contribution >= 4 is 39.1 Å². The Morgan fingerprint density at radius 2 is 1.84 bits per heavy atom. The topological polar surface area (TPSA) is 55.8 Å². The molecule has 1 amide bonds. The van der Waals surface area contributed by atoms with Gasteiger partial charge in [-0.2, -0.15) is 0 Å². The Hall–Kier alpha value is -1.54. The summed E-state index contributed by atoms with van der Waals surface area (Å²) < 4.78 is 21.5. The summed E-state index contributed by atoms with van der Waals surface area (Å²) in [6.07, 6.45) is 2.29. The highest BCUT2D eigenvalue weighted by Gasteiger charge is 2.37. The van der Waals surface area contributed by atoms with Crippen molar-refractivity contribution in [2.24, 2.45) is 0 Å². The Bertz CT molecular complexity index is 942. The molecule has 1 saturated heterocycles. The van der Waals surface area contributed by atoms with Gasteiger partial charge in [0.05, 0.1) is 17.0 Å². The van der Waals surface area contributed by atoms with Gasteiger partial charge in [-0.25, -0.2) is 4.79 Å². The zero-order valence-electron chi connectivity index (χ0n) is 18.3. The Morgan fingerprint density at radius 3 is 2.48 bits per heavy atom. The zero-order valence-corrected chi connectivity index (χ0v) is 20.7. The van der Waals surface area contributed by atoms with Crippen LogP contribution in [-0.2, 0) is 28.1 Å². The first-order valence-corrected chi connectivity index (χ1v) is 12.7. The number of nitrogens with zero attached hydrogens (tertiary/aromatic N) is 2. The highest BCUT2D eigenvalue weighted by molar-refractivity contribution is 9.10. The first kappa shape index (κ1) is 22.6. The number of piperidine rings is 1. The molecule has 2 heterocycles. The third kappa shape index (κ3) is 4.65. The van der Waals surface area contributed by atoms with Gasteiger partial charge in [-0.15, -0.1) is 4.31 Å². The van der Waals surface area contributed by atoms with Crippen LogP contribution in [0.3, 0.4) is 0 Å². The molecule has 2 aromatic rings. The van der Waals surface area contributed by atoms with Gasteiger partial charge in [0.2, 0.25) is 0 Å². The number of carbonyl (C=O) groups is 1. The second kappa shape index (κ2) is 9.14. The average molecular weight is 505 g/mol. The van der Waals surface area contributed by atoms with Gasteiger partial charge in [0, 0.05) is 29.2 Å². The van der Waals surface area contributed by atoms with Crippen LogP contribution in [0.1, 0.15) is 51.2 Å². The molecule has 1 fully saturated rings. The van der Waals surface area contributed by atoms with E-state index in [2.05, 4.69) is 48.8 Å². The maximum absolute atomic E-state index is 13.1. The molecule has 1 unspecified atom stereocenters. The lowest BCUT2D eigenvalue weighted by Gasteiger charge is -2.39. The second-order valence-electron chi connectivity index (χ2n) is 8.87. The maximum Gasteiger partial charge on any atom is 0.414 e. The number of fused-ring (bicyclic) bond motifs is 1. The van der Waals surface area contributed by atoms with E-state index >= 15 is 0 Å². The van der Waals surface area contributed by atoms with Crippen molar-refractivity contribution < 1.29 is 14.1 Å². The number of cyclic esters (lactones) is 1. The van der Waals surface area contributed by atoms with E-state index in [1.807, 2.05) is 34.6 Å². The summed E-state index contributed by atoms with van der Waals surface area (Å²) >= 11 is 2.30. The van der Waals surface area contributed by atoms with Crippen LogP contribution < -0.4 is 4.90 Å². The van der Waals surface area contributed by atoms with Gasteiger partial charge in [-0.05, 0) is 60.6 Å². The minimum Gasteiger partial charge on any atom is -0.593 e. The molecule has 7 heteroatoms. The molecule has 0 bridgehead atoms. The number of carbonyl (C=O) groups excluding carboxylic acids is 1. The predicted molar refractivity (Wildman–Crippen MR) is 128 cm³/mol. The Balaban J connectivity index is 1.43. The molecule has 1 atom stereocenters. The molecule has 0 N–H and O–H groups in total. The minimum absolute atomic E-state index is 0.0497. The summed E-state index contributed by atoms with van der Waals surface area (Å²) in [5.41, 5.74) is 3.32. The van der Waals surface area contributed by atoms with E-state index in [1.54, 1.807) is 4.90 Å². The van der Waals surface area contributed by atoms with Crippen LogP contribution in [0.2, 0.25) is 0 Å². The molecule has 31 heavy (non-hydrogen) atoms. The monoisotopic (exact) mass is 504 g/mol. The van der Waals surface area contributed by atoms with Gasteiger partial charge < -0.3 is 9.29 Å². The number of rotatable bonds is 5. The highest BCUT2D eigenvalue weighted by Crippen LogP contribution is 2.35. The smallest absolute Gasteiger partial charge is 0.414 e. The SMILES string of the molecule is CCC(C)(C)c1ccc([S+]([O-])N2CCC(N3C(=O)OCc4cc(Br)ccc43)CC2)cc1. The van der Waals surface area contributed by atoms with Crippen molar-refractivity contribution in [2.45, 2.75) is 63.0 Å². The van der Waals surface area contributed by atoms with Gasteiger partial charge in [-0.3, -0.25) is 4.90 Å². The summed E-state index contributed by atoms with van der Waals surface area (Å²) in [7, 11) is 0. The summed E-state index contributed by atoms with van der Waals surface area (Å²) in [5.74, 6) is 0. The number of benzene rings is 2. The van der Waals surface area contributed by atoms with Gasteiger partial charge in [0.25, 0.3) is 0 Å². The maximum atomic E-state index is 13.1. The lowest BCUT2D eigenvalue weighted by molar-refractivity contribution is 0.135. The molecule has 0 aromatic heterocycles. The van der Waals surface area contributed by atoms with E-state index in [4.69, 9.17) is 4.74 Å². The number of hydrogen-bond acceptors (Lipinski definition) is 4. The van der Waals surface area contributed by atoms with Crippen LogP contribution >= 0.6 is 15.9 Å². The predicted octanol–water partition coefficient (Wildman–Crippen LogP) is 5.78. The van der Waals surface area contributed by atoms with Gasteiger partial charge in [0.1, 0.15) is 6.61 Å². The number of amides is 1. The average Bonchev–Trinajstić information content (AvgIpc) is 2.79. The molecule has 2 aromatic carbocycles. The van der Waals surface area contributed by atoms with E-state index in [9.17, 15) is 9.35 Å². The fourth-order valence-corrected chi connectivity index (χ4v) is 5.82. The van der Waals surface area contributed by atoms with Crippen molar-refractivity contribution in [1.82, 2.24) is 4.31 Å². The van der Waals surface area contributed by atoms with E-state index in [1.165, 1.54) is 5.56 Å². The van der Waals surface area contributed by atoms with Crippen LogP contribution in [-0.4, -0.2) is 34.1 Å². The zero-order chi connectivity index (χ0) is 22.2. The molecular formula is C24H29BrN2O3S. The van der Waals surface area contributed by atoms with E-state index < -0.39 is 11.4 Å². The first-order valence-electron chi connectivity index (χ1n) is 10.8. The van der Waals surface area contributed by atoms with E-state index in [0.717, 1.165) is 39.9 Å². The second-order valence-corrected chi connectivity index (χ2v) is 11.3. The fourth-order valence-electron chi connectivity index (χ4n) is 4.20. The summed E-state index contributed by atoms with van der Waals surface area (Å²) in [4.78, 5) is 15.2. The molecule has 4 rings (SSSR count). The largest absolute Gasteiger partial charge is 0.593 e. The third-order valence-corrected chi connectivity index (χ3v) is 8.60. The van der Waals surface area contributed by atoms with E-state index in [-0.39, 0.29) is 17.6 Å². The lowest BCUT2D eigenvalue weighted by atomic mass is 9.82. The summed E-state index contributed by atoms with van der Waals surface area (Å²) in [5, 5.41) is 0. The molecule has 2 aliphatic heterocycles. The van der Waals surface area contributed by atoms with Crippen LogP contribution in [0.25, 0.3) is 0 Å². The Kier molecular flexibility index (Phi) is 6.68. The molecule has 5 nitrogen and oxygen atoms in total. The van der Waals surface area contributed by atoms with Gasteiger partial charge in [0.15, 0.2) is 4.90 Å². The van der Waals surface area contributed by atoms with Crippen molar-refractivity contribution in [3.05, 3.63) is 58.1 Å². The third-order valence-electron chi connectivity index (χ3n) is 6.59. The number of halogens is 1.